The fraction of sp³-hybridized carbons (Fsp3) is 0.812. The molecule has 0 fully saturated rings. The van der Waals surface area contributed by atoms with Crippen molar-refractivity contribution in [1.29, 1.82) is 0 Å². The third-order valence-electron chi connectivity index (χ3n) is 3.09. The number of unbranched alkanes of at least 4 members (excludes halogenated alkanes) is 8. The van der Waals surface area contributed by atoms with Crippen molar-refractivity contribution in [2.45, 2.75) is 84.5 Å². The SMILES string of the molecule is [CH2]C(=CCCCCCCCCC)CCCC. The van der Waals surface area contributed by atoms with Crippen molar-refractivity contribution in [2.24, 2.45) is 0 Å². The second kappa shape index (κ2) is 12.8. The molecule has 0 aromatic rings. The molecular formula is C16H31. The molecular weight excluding hydrogens is 192 g/mol. The van der Waals surface area contributed by atoms with Gasteiger partial charge in [0.05, 0.1) is 0 Å². The molecule has 0 amide bonds. The zero-order valence-electron chi connectivity index (χ0n) is 11.6. The Hall–Kier alpha value is -0.260. The highest BCUT2D eigenvalue weighted by Gasteiger charge is 1.91. The van der Waals surface area contributed by atoms with E-state index in [0.717, 1.165) is 0 Å². The summed E-state index contributed by atoms with van der Waals surface area (Å²) in [6.07, 6.45) is 17.2. The lowest BCUT2D eigenvalue weighted by Gasteiger charge is -2.01. The van der Waals surface area contributed by atoms with E-state index in [2.05, 4.69) is 26.8 Å². The average molecular weight is 223 g/mol. The summed E-state index contributed by atoms with van der Waals surface area (Å²) in [7, 11) is 0. The summed E-state index contributed by atoms with van der Waals surface area (Å²) in [4.78, 5) is 0. The highest BCUT2D eigenvalue weighted by Crippen LogP contribution is 2.11. The van der Waals surface area contributed by atoms with Gasteiger partial charge in [-0.05, 0) is 32.6 Å². The van der Waals surface area contributed by atoms with E-state index in [1.807, 2.05) is 0 Å². The van der Waals surface area contributed by atoms with Gasteiger partial charge < -0.3 is 0 Å². The van der Waals surface area contributed by atoms with Gasteiger partial charge in [0.15, 0.2) is 0 Å². The summed E-state index contributed by atoms with van der Waals surface area (Å²) in [5, 5.41) is 0. The largest absolute Gasteiger partial charge is 0.0853 e. The van der Waals surface area contributed by atoms with Gasteiger partial charge in [0.1, 0.15) is 0 Å². The van der Waals surface area contributed by atoms with Gasteiger partial charge in [0, 0.05) is 0 Å². The normalized spacial score (nSPS) is 12.1. The van der Waals surface area contributed by atoms with Gasteiger partial charge in [-0.1, -0.05) is 70.4 Å². The van der Waals surface area contributed by atoms with Gasteiger partial charge in [-0.3, -0.25) is 0 Å². The van der Waals surface area contributed by atoms with E-state index in [4.69, 9.17) is 0 Å². The molecule has 0 unspecified atom stereocenters. The number of hydrogen-bond acceptors (Lipinski definition) is 0. The molecule has 0 bridgehead atoms. The maximum atomic E-state index is 4.09. The van der Waals surface area contributed by atoms with Crippen LogP contribution in [0.15, 0.2) is 11.6 Å². The van der Waals surface area contributed by atoms with Crippen LogP contribution in [-0.2, 0) is 0 Å². The summed E-state index contributed by atoms with van der Waals surface area (Å²) < 4.78 is 0. The number of rotatable bonds is 11. The van der Waals surface area contributed by atoms with Gasteiger partial charge >= 0.3 is 0 Å². The molecule has 16 heavy (non-hydrogen) atoms. The van der Waals surface area contributed by atoms with Crippen molar-refractivity contribution < 1.29 is 0 Å². The van der Waals surface area contributed by atoms with Gasteiger partial charge in [0.2, 0.25) is 0 Å². The van der Waals surface area contributed by atoms with E-state index in [1.165, 1.54) is 76.2 Å². The molecule has 0 atom stereocenters. The summed E-state index contributed by atoms with van der Waals surface area (Å²) in [6.45, 7) is 8.61. The molecule has 1 radical (unpaired) electrons. The molecule has 0 aliphatic rings. The number of hydrogen-bond donors (Lipinski definition) is 0. The Balaban J connectivity index is 3.18. The molecule has 0 aliphatic carbocycles. The Morgan fingerprint density at radius 2 is 1.38 bits per heavy atom. The zero-order chi connectivity index (χ0) is 12.1. The van der Waals surface area contributed by atoms with Crippen molar-refractivity contribution in [3.05, 3.63) is 18.6 Å². The number of allylic oxidation sites excluding steroid dienone is 2. The monoisotopic (exact) mass is 223 g/mol. The highest BCUT2D eigenvalue weighted by atomic mass is 14.0. The van der Waals surface area contributed by atoms with Crippen LogP contribution < -0.4 is 0 Å². The first-order valence-corrected chi connectivity index (χ1v) is 7.32. The molecule has 0 rings (SSSR count). The minimum Gasteiger partial charge on any atom is -0.0853 e. The molecule has 0 aliphatic heterocycles. The Morgan fingerprint density at radius 1 is 0.812 bits per heavy atom. The smallest absolute Gasteiger partial charge is 0.0283 e. The Labute approximate surface area is 104 Å². The van der Waals surface area contributed by atoms with Crippen LogP contribution in [0.25, 0.3) is 0 Å². The lowest BCUT2D eigenvalue weighted by Crippen LogP contribution is -1.81. The fourth-order valence-corrected chi connectivity index (χ4v) is 1.91. The predicted molar refractivity (Wildman–Crippen MR) is 75.6 cm³/mol. The third-order valence-corrected chi connectivity index (χ3v) is 3.09. The summed E-state index contributed by atoms with van der Waals surface area (Å²) in [5.74, 6) is 0. The molecule has 0 aromatic heterocycles. The molecule has 0 spiro atoms. The summed E-state index contributed by atoms with van der Waals surface area (Å²) >= 11 is 0. The standard InChI is InChI=1S/C16H31/c1-4-6-8-9-10-11-12-13-15-16(3)14-7-5-2/h15H,3-14H2,1-2H3. The minimum absolute atomic E-state index is 1.20. The van der Waals surface area contributed by atoms with Gasteiger partial charge in [-0.2, -0.15) is 0 Å². The third kappa shape index (κ3) is 11.8. The maximum absolute atomic E-state index is 4.09. The van der Waals surface area contributed by atoms with Crippen molar-refractivity contribution >= 4 is 0 Å². The zero-order valence-corrected chi connectivity index (χ0v) is 11.6. The molecule has 0 heterocycles. The molecule has 0 saturated heterocycles. The van der Waals surface area contributed by atoms with Crippen LogP contribution in [0.3, 0.4) is 0 Å². The first-order valence-electron chi connectivity index (χ1n) is 7.32. The quantitative estimate of drug-likeness (QED) is 0.372. The molecule has 0 heteroatoms. The van der Waals surface area contributed by atoms with E-state index < -0.39 is 0 Å². The Bertz CT molecular complexity index is 155. The molecule has 0 N–H and O–H groups in total. The average Bonchev–Trinajstić information content (AvgIpc) is 2.30. The van der Waals surface area contributed by atoms with E-state index in [-0.39, 0.29) is 0 Å². The second-order valence-electron chi connectivity index (χ2n) is 4.88. The Kier molecular flexibility index (Phi) is 12.6. The van der Waals surface area contributed by atoms with Crippen LogP contribution in [0.5, 0.6) is 0 Å². The lowest BCUT2D eigenvalue weighted by molar-refractivity contribution is 0.591. The van der Waals surface area contributed by atoms with Crippen LogP contribution in [-0.4, -0.2) is 0 Å². The van der Waals surface area contributed by atoms with Gasteiger partial charge in [-0.25, -0.2) is 0 Å². The van der Waals surface area contributed by atoms with Crippen LogP contribution in [0.1, 0.15) is 84.5 Å². The van der Waals surface area contributed by atoms with Gasteiger partial charge in [0.25, 0.3) is 0 Å². The maximum Gasteiger partial charge on any atom is -0.0283 e. The fourth-order valence-electron chi connectivity index (χ4n) is 1.91. The van der Waals surface area contributed by atoms with Crippen LogP contribution in [0.4, 0.5) is 0 Å². The summed E-state index contributed by atoms with van der Waals surface area (Å²) in [5.41, 5.74) is 1.35. The molecule has 0 aromatic carbocycles. The molecule has 0 nitrogen and oxygen atoms in total. The topological polar surface area (TPSA) is 0 Å². The molecule has 95 valence electrons. The van der Waals surface area contributed by atoms with Gasteiger partial charge in [-0.15, -0.1) is 0 Å². The molecule has 0 saturated carbocycles. The predicted octanol–water partition coefficient (Wildman–Crippen LogP) is 6.08. The first kappa shape index (κ1) is 15.7. The van der Waals surface area contributed by atoms with Crippen molar-refractivity contribution in [3.63, 3.8) is 0 Å². The van der Waals surface area contributed by atoms with Crippen molar-refractivity contribution in [1.82, 2.24) is 0 Å². The van der Waals surface area contributed by atoms with Crippen molar-refractivity contribution in [2.75, 3.05) is 0 Å². The van der Waals surface area contributed by atoms with Crippen LogP contribution in [0.2, 0.25) is 0 Å². The van der Waals surface area contributed by atoms with Crippen LogP contribution in [0, 0.1) is 6.92 Å². The minimum atomic E-state index is 1.20. The lowest BCUT2D eigenvalue weighted by atomic mass is 10.1. The summed E-state index contributed by atoms with van der Waals surface area (Å²) in [6, 6.07) is 0. The van der Waals surface area contributed by atoms with E-state index >= 15 is 0 Å². The van der Waals surface area contributed by atoms with E-state index in [1.54, 1.807) is 0 Å². The highest BCUT2D eigenvalue weighted by molar-refractivity contribution is 5.04. The van der Waals surface area contributed by atoms with E-state index in [0.29, 0.717) is 0 Å². The Morgan fingerprint density at radius 3 is 2.00 bits per heavy atom. The van der Waals surface area contributed by atoms with E-state index in [9.17, 15) is 0 Å². The second-order valence-corrected chi connectivity index (χ2v) is 4.88. The van der Waals surface area contributed by atoms with Crippen molar-refractivity contribution in [3.8, 4) is 0 Å². The first-order chi connectivity index (χ1) is 7.81. The van der Waals surface area contributed by atoms with Crippen LogP contribution >= 0.6 is 0 Å².